The third-order valence-corrected chi connectivity index (χ3v) is 3.61. The van der Waals surface area contributed by atoms with Crippen LogP contribution in [0.4, 0.5) is 10.5 Å². The van der Waals surface area contributed by atoms with E-state index in [1.807, 2.05) is 0 Å². The topological polar surface area (TPSA) is 81.1 Å². The number of carboxylic acid groups (broad SMARTS) is 1. The molecule has 0 unspecified atom stereocenters. The Balaban J connectivity index is 2.16. The van der Waals surface area contributed by atoms with Crippen molar-refractivity contribution in [3.05, 3.63) is 29.8 Å². The highest BCUT2D eigenvalue weighted by atomic mass is 16.4. The van der Waals surface area contributed by atoms with E-state index < -0.39 is 5.97 Å². The Hall–Kier alpha value is -2.08. The molecule has 1 fully saturated rings. The van der Waals surface area contributed by atoms with Gasteiger partial charge in [-0.1, -0.05) is 0 Å². The van der Waals surface area contributed by atoms with Gasteiger partial charge < -0.3 is 15.1 Å². The van der Waals surface area contributed by atoms with Gasteiger partial charge in [-0.05, 0) is 43.5 Å². The van der Waals surface area contributed by atoms with Crippen LogP contribution in [0.25, 0.3) is 0 Å². The highest BCUT2D eigenvalue weighted by Gasteiger charge is 2.23. The van der Waals surface area contributed by atoms with Gasteiger partial charge in [-0.2, -0.15) is 0 Å². The second-order valence-electron chi connectivity index (χ2n) is 5.06. The number of carboxylic acids is 1. The minimum atomic E-state index is -1.00. The molecule has 0 spiro atoms. The number of rotatable bonds is 4. The van der Waals surface area contributed by atoms with Crippen molar-refractivity contribution in [2.24, 2.45) is 0 Å². The zero-order chi connectivity index (χ0) is 15.2. The normalized spacial score (nSPS) is 14.8. The van der Waals surface area contributed by atoms with Crippen molar-refractivity contribution in [1.29, 1.82) is 0 Å². The minimum Gasteiger partial charge on any atom is -0.478 e. The van der Waals surface area contributed by atoms with E-state index in [-0.39, 0.29) is 24.7 Å². The van der Waals surface area contributed by atoms with Crippen LogP contribution in [-0.2, 0) is 0 Å². The molecule has 1 aromatic rings. The molecule has 1 aliphatic heterocycles. The molecule has 114 valence electrons. The minimum absolute atomic E-state index is 0.133. The summed E-state index contributed by atoms with van der Waals surface area (Å²) in [7, 11) is 0. The Morgan fingerprint density at radius 3 is 2.24 bits per heavy atom. The van der Waals surface area contributed by atoms with E-state index in [4.69, 9.17) is 5.11 Å². The van der Waals surface area contributed by atoms with Crippen molar-refractivity contribution in [3.63, 3.8) is 0 Å². The number of likely N-dealkylation sites (tertiary alicyclic amines) is 1. The molecule has 0 radical (unpaired) electrons. The average molecular weight is 292 g/mol. The van der Waals surface area contributed by atoms with Gasteiger partial charge in [-0.3, -0.25) is 4.90 Å². The first kappa shape index (κ1) is 15.3. The molecule has 1 saturated heterocycles. The first-order valence-electron chi connectivity index (χ1n) is 7.14. The molecule has 0 aliphatic carbocycles. The Labute approximate surface area is 123 Å². The fraction of sp³-hybridized carbons (Fsp3) is 0.467. The van der Waals surface area contributed by atoms with Crippen molar-refractivity contribution in [2.45, 2.75) is 19.3 Å². The van der Waals surface area contributed by atoms with Crippen molar-refractivity contribution in [2.75, 3.05) is 31.1 Å². The Morgan fingerprint density at radius 2 is 1.71 bits per heavy atom. The van der Waals surface area contributed by atoms with Crippen LogP contribution in [0.5, 0.6) is 0 Å². The van der Waals surface area contributed by atoms with Gasteiger partial charge in [0.05, 0.1) is 18.7 Å². The van der Waals surface area contributed by atoms with Gasteiger partial charge in [0.25, 0.3) is 0 Å². The fourth-order valence-electron chi connectivity index (χ4n) is 2.48. The molecule has 21 heavy (non-hydrogen) atoms. The number of anilines is 1. The van der Waals surface area contributed by atoms with Crippen molar-refractivity contribution in [3.8, 4) is 0 Å². The van der Waals surface area contributed by atoms with Gasteiger partial charge in [0, 0.05) is 18.8 Å². The maximum Gasteiger partial charge on any atom is 0.335 e. The first-order valence-corrected chi connectivity index (χ1v) is 7.14. The molecular formula is C15H20N2O4. The van der Waals surface area contributed by atoms with E-state index in [9.17, 15) is 14.7 Å². The number of aliphatic hydroxyl groups excluding tert-OH is 1. The lowest BCUT2D eigenvalue weighted by Gasteiger charge is -2.32. The SMILES string of the molecule is O=C(O)c1ccc(N(CCO)C(=O)N2CCCCC2)cc1. The Kier molecular flexibility index (Phi) is 5.16. The fourth-order valence-corrected chi connectivity index (χ4v) is 2.48. The maximum atomic E-state index is 12.5. The largest absolute Gasteiger partial charge is 0.478 e. The van der Waals surface area contributed by atoms with Crippen LogP contribution in [-0.4, -0.2) is 53.4 Å². The van der Waals surface area contributed by atoms with E-state index in [2.05, 4.69) is 0 Å². The predicted molar refractivity (Wildman–Crippen MR) is 78.7 cm³/mol. The molecule has 0 bridgehead atoms. The van der Waals surface area contributed by atoms with E-state index in [1.54, 1.807) is 17.0 Å². The number of hydrogen-bond acceptors (Lipinski definition) is 3. The zero-order valence-corrected chi connectivity index (χ0v) is 11.9. The van der Waals surface area contributed by atoms with E-state index in [0.717, 1.165) is 32.4 Å². The summed E-state index contributed by atoms with van der Waals surface area (Å²) in [6, 6.07) is 5.99. The summed E-state index contributed by atoms with van der Waals surface area (Å²) in [6.45, 7) is 1.52. The van der Waals surface area contributed by atoms with Crippen LogP contribution in [0.3, 0.4) is 0 Å². The summed E-state index contributed by atoms with van der Waals surface area (Å²) < 4.78 is 0. The highest BCUT2D eigenvalue weighted by molar-refractivity contribution is 5.93. The van der Waals surface area contributed by atoms with Crippen LogP contribution in [0.1, 0.15) is 29.6 Å². The number of benzene rings is 1. The van der Waals surface area contributed by atoms with Crippen molar-refractivity contribution in [1.82, 2.24) is 4.90 Å². The van der Waals surface area contributed by atoms with Crippen LogP contribution in [0.15, 0.2) is 24.3 Å². The average Bonchev–Trinajstić information content (AvgIpc) is 2.53. The number of carbonyl (C=O) groups excluding carboxylic acids is 1. The molecule has 1 heterocycles. The van der Waals surface area contributed by atoms with Gasteiger partial charge in [0.2, 0.25) is 0 Å². The molecule has 0 atom stereocenters. The van der Waals surface area contributed by atoms with Gasteiger partial charge in [-0.25, -0.2) is 9.59 Å². The standard InChI is InChI=1S/C15H20N2O4/c18-11-10-17(15(21)16-8-2-1-3-9-16)13-6-4-12(5-7-13)14(19)20/h4-7,18H,1-3,8-11H2,(H,19,20). The predicted octanol–water partition coefficient (Wildman–Crippen LogP) is 1.79. The number of amides is 2. The number of aliphatic hydroxyl groups is 1. The molecule has 2 rings (SSSR count). The quantitative estimate of drug-likeness (QED) is 0.886. The lowest BCUT2D eigenvalue weighted by atomic mass is 10.1. The van der Waals surface area contributed by atoms with E-state index in [0.29, 0.717) is 5.69 Å². The maximum absolute atomic E-state index is 12.5. The van der Waals surface area contributed by atoms with Gasteiger partial charge >= 0.3 is 12.0 Å². The van der Waals surface area contributed by atoms with E-state index >= 15 is 0 Å². The second kappa shape index (κ2) is 7.08. The number of hydrogen-bond donors (Lipinski definition) is 2. The summed E-state index contributed by atoms with van der Waals surface area (Å²) in [5.41, 5.74) is 0.776. The third kappa shape index (κ3) is 3.72. The molecule has 0 saturated carbocycles. The Morgan fingerprint density at radius 1 is 1.10 bits per heavy atom. The van der Waals surface area contributed by atoms with Gasteiger partial charge in [-0.15, -0.1) is 0 Å². The first-order chi connectivity index (χ1) is 10.1. The number of urea groups is 1. The van der Waals surface area contributed by atoms with E-state index in [1.165, 1.54) is 17.0 Å². The smallest absolute Gasteiger partial charge is 0.335 e. The summed E-state index contributed by atoms with van der Waals surface area (Å²) >= 11 is 0. The molecule has 6 nitrogen and oxygen atoms in total. The second-order valence-corrected chi connectivity index (χ2v) is 5.06. The molecule has 0 aromatic heterocycles. The van der Waals surface area contributed by atoms with Crippen molar-refractivity contribution < 1.29 is 19.8 Å². The monoisotopic (exact) mass is 292 g/mol. The number of nitrogens with zero attached hydrogens (tertiary/aromatic N) is 2. The van der Waals surface area contributed by atoms with Crippen LogP contribution < -0.4 is 4.90 Å². The molecule has 2 amide bonds. The van der Waals surface area contributed by atoms with Gasteiger partial charge in [0.15, 0.2) is 0 Å². The highest BCUT2D eigenvalue weighted by Crippen LogP contribution is 2.19. The summed E-state index contributed by atoms with van der Waals surface area (Å²) in [5.74, 6) is -1.00. The molecule has 1 aliphatic rings. The zero-order valence-electron chi connectivity index (χ0n) is 11.9. The number of aromatic carboxylic acids is 1. The summed E-state index contributed by atoms with van der Waals surface area (Å²) in [6.07, 6.45) is 3.13. The lowest BCUT2D eigenvalue weighted by Crippen LogP contribution is -2.46. The van der Waals surface area contributed by atoms with Crippen LogP contribution in [0.2, 0.25) is 0 Å². The number of piperidine rings is 1. The van der Waals surface area contributed by atoms with Gasteiger partial charge in [0.1, 0.15) is 0 Å². The molecule has 6 heteroatoms. The summed E-state index contributed by atoms with van der Waals surface area (Å²) in [5, 5.41) is 18.1. The van der Waals surface area contributed by atoms with Crippen molar-refractivity contribution >= 4 is 17.7 Å². The Bertz CT molecular complexity index is 495. The van der Waals surface area contributed by atoms with Crippen LogP contribution in [0, 0.1) is 0 Å². The number of carbonyl (C=O) groups is 2. The third-order valence-electron chi connectivity index (χ3n) is 3.61. The molecular weight excluding hydrogens is 272 g/mol. The molecule has 1 aromatic carbocycles. The lowest BCUT2D eigenvalue weighted by molar-refractivity contribution is 0.0697. The summed E-state index contributed by atoms with van der Waals surface area (Å²) in [4.78, 5) is 26.7. The van der Waals surface area contributed by atoms with Crippen LogP contribution >= 0.6 is 0 Å². The molecule has 2 N–H and O–H groups in total.